The van der Waals surface area contributed by atoms with Crippen LogP contribution in [0.3, 0.4) is 0 Å². The molecule has 62 valence electrons. The van der Waals surface area contributed by atoms with E-state index >= 15 is 0 Å². The smallest absolute Gasteiger partial charge is 0.168 e. The van der Waals surface area contributed by atoms with E-state index in [1.54, 1.807) is 0 Å². The third-order valence-corrected chi connectivity index (χ3v) is 2.97. The summed E-state index contributed by atoms with van der Waals surface area (Å²) < 4.78 is -0.284. The highest BCUT2D eigenvalue weighted by molar-refractivity contribution is 8.00. The Bertz CT molecular complexity index is 106. The molecule has 4 N–H and O–H groups in total. The third kappa shape index (κ3) is 2.46. The minimum atomic E-state index is -1.43. The number of aliphatic hydroxyl groups excluding tert-OH is 1. The summed E-state index contributed by atoms with van der Waals surface area (Å²) in [6.07, 6.45) is 0.463. The Morgan fingerprint density at radius 1 is 1.40 bits per heavy atom. The van der Waals surface area contributed by atoms with Crippen LogP contribution in [0.15, 0.2) is 0 Å². The lowest BCUT2D eigenvalue weighted by Gasteiger charge is -2.30. The van der Waals surface area contributed by atoms with Crippen molar-refractivity contribution in [3.05, 3.63) is 0 Å². The van der Waals surface area contributed by atoms with Gasteiger partial charge in [-0.25, -0.2) is 0 Å². The van der Waals surface area contributed by atoms with Gasteiger partial charge in [0.2, 0.25) is 0 Å². The van der Waals surface area contributed by atoms with Gasteiger partial charge < -0.3 is 15.9 Å². The Morgan fingerprint density at radius 3 is 1.90 bits per heavy atom. The molecule has 4 heteroatoms. The van der Waals surface area contributed by atoms with E-state index < -0.39 is 12.3 Å². The van der Waals surface area contributed by atoms with Crippen LogP contribution in [-0.2, 0) is 0 Å². The number of nitrogens with two attached hydrogens (primary N) is 1. The molecule has 0 amide bonds. The maximum atomic E-state index is 8.70. The largest absolute Gasteiger partial charge is 0.367 e. The fourth-order valence-electron chi connectivity index (χ4n) is 0.495. The predicted molar refractivity (Wildman–Crippen MR) is 43.8 cm³/mol. The molecule has 0 rings (SSSR count). The van der Waals surface area contributed by atoms with Gasteiger partial charge in [0.1, 0.15) is 0 Å². The van der Waals surface area contributed by atoms with E-state index in [-0.39, 0.29) is 4.75 Å². The highest BCUT2D eigenvalue weighted by Crippen LogP contribution is 2.25. The van der Waals surface area contributed by atoms with Gasteiger partial charge in [0, 0.05) is 4.75 Å². The summed E-state index contributed by atoms with van der Waals surface area (Å²) in [5.41, 5.74) is 5.48. The second-order valence-corrected chi connectivity index (χ2v) is 4.21. The van der Waals surface area contributed by atoms with Crippen molar-refractivity contribution in [3.8, 4) is 0 Å². The number of hydrogen-bond donors (Lipinski definition) is 3. The standard InChI is InChI=1S/C6H15NO2S/c1-6(2,10-3)4(7)5(8)9/h4-5,8-9H,7H2,1-3H3. The molecule has 0 spiro atoms. The molecule has 0 fully saturated rings. The molecule has 0 saturated heterocycles. The minimum Gasteiger partial charge on any atom is -0.367 e. The van der Waals surface area contributed by atoms with Crippen molar-refractivity contribution in [2.75, 3.05) is 6.26 Å². The summed E-state index contributed by atoms with van der Waals surface area (Å²) in [7, 11) is 0. The van der Waals surface area contributed by atoms with E-state index in [0.29, 0.717) is 0 Å². The molecule has 0 bridgehead atoms. The van der Waals surface area contributed by atoms with Gasteiger partial charge in [-0.3, -0.25) is 0 Å². The molecule has 0 aliphatic carbocycles. The lowest BCUT2D eigenvalue weighted by Crippen LogP contribution is -2.48. The van der Waals surface area contributed by atoms with Crippen molar-refractivity contribution in [2.24, 2.45) is 5.73 Å². The number of hydrogen-bond acceptors (Lipinski definition) is 4. The summed E-state index contributed by atoms with van der Waals surface area (Å²) in [6.45, 7) is 3.75. The van der Waals surface area contributed by atoms with Crippen molar-refractivity contribution in [1.82, 2.24) is 0 Å². The van der Waals surface area contributed by atoms with E-state index in [1.165, 1.54) is 11.8 Å². The molecular weight excluding hydrogens is 150 g/mol. The van der Waals surface area contributed by atoms with Crippen LogP contribution >= 0.6 is 11.8 Å². The first-order valence-corrected chi connectivity index (χ1v) is 4.31. The van der Waals surface area contributed by atoms with Gasteiger partial charge in [0.15, 0.2) is 6.29 Å². The van der Waals surface area contributed by atoms with Crippen LogP contribution in [0.4, 0.5) is 0 Å². The summed E-state index contributed by atoms with van der Waals surface area (Å²) in [4.78, 5) is 0. The molecule has 0 aromatic heterocycles. The molecule has 0 aromatic carbocycles. The molecule has 0 aliphatic rings. The van der Waals surface area contributed by atoms with Crippen LogP contribution in [-0.4, -0.2) is 33.5 Å². The number of aliphatic hydroxyl groups is 2. The van der Waals surface area contributed by atoms with Crippen molar-refractivity contribution in [1.29, 1.82) is 0 Å². The Balaban J connectivity index is 4.03. The van der Waals surface area contributed by atoms with Crippen molar-refractivity contribution >= 4 is 11.8 Å². The molecule has 10 heavy (non-hydrogen) atoms. The normalized spacial score (nSPS) is 15.9. The van der Waals surface area contributed by atoms with Crippen LogP contribution in [0.5, 0.6) is 0 Å². The molecule has 1 atom stereocenters. The second kappa shape index (κ2) is 3.57. The van der Waals surface area contributed by atoms with Crippen LogP contribution < -0.4 is 5.73 Å². The summed E-state index contributed by atoms with van der Waals surface area (Å²) in [6, 6.07) is -0.595. The second-order valence-electron chi connectivity index (χ2n) is 2.75. The summed E-state index contributed by atoms with van der Waals surface area (Å²) in [5.74, 6) is 0. The van der Waals surface area contributed by atoms with Gasteiger partial charge in [-0.1, -0.05) is 0 Å². The maximum Gasteiger partial charge on any atom is 0.168 e. The van der Waals surface area contributed by atoms with Crippen LogP contribution in [0, 0.1) is 0 Å². The predicted octanol–water partition coefficient (Wildman–Crippen LogP) is -0.234. The number of rotatable bonds is 3. The Kier molecular flexibility index (Phi) is 3.65. The quantitative estimate of drug-likeness (QED) is 0.505. The molecule has 0 saturated carbocycles. The van der Waals surface area contributed by atoms with E-state index in [2.05, 4.69) is 0 Å². The lowest BCUT2D eigenvalue weighted by molar-refractivity contribution is -0.0637. The molecular formula is C6H15NO2S. The molecule has 0 aromatic rings. The Labute approximate surface area is 65.6 Å². The first-order valence-electron chi connectivity index (χ1n) is 3.08. The van der Waals surface area contributed by atoms with Gasteiger partial charge in [-0.15, -0.1) is 0 Å². The molecule has 0 heterocycles. The highest BCUT2D eigenvalue weighted by atomic mass is 32.2. The van der Waals surface area contributed by atoms with E-state index in [0.717, 1.165) is 0 Å². The maximum absolute atomic E-state index is 8.70. The van der Waals surface area contributed by atoms with Crippen molar-refractivity contribution in [3.63, 3.8) is 0 Å². The Hall–Kier alpha value is 0.230. The molecule has 3 nitrogen and oxygen atoms in total. The van der Waals surface area contributed by atoms with Crippen molar-refractivity contribution in [2.45, 2.75) is 30.9 Å². The fourth-order valence-corrected chi connectivity index (χ4v) is 0.889. The average Bonchev–Trinajstić information content (AvgIpc) is 1.86. The third-order valence-electron chi connectivity index (χ3n) is 1.65. The first kappa shape index (κ1) is 10.2. The van der Waals surface area contributed by atoms with Gasteiger partial charge in [-0.05, 0) is 20.1 Å². The summed E-state index contributed by atoms with van der Waals surface area (Å²) >= 11 is 1.52. The van der Waals surface area contributed by atoms with Crippen LogP contribution in [0.1, 0.15) is 13.8 Å². The molecule has 1 unspecified atom stereocenters. The van der Waals surface area contributed by atoms with E-state index in [9.17, 15) is 0 Å². The SMILES string of the molecule is CSC(C)(C)C(N)C(O)O. The van der Waals surface area contributed by atoms with Gasteiger partial charge in [0.25, 0.3) is 0 Å². The van der Waals surface area contributed by atoms with Gasteiger partial charge in [0.05, 0.1) is 6.04 Å². The summed E-state index contributed by atoms with van der Waals surface area (Å²) in [5, 5.41) is 17.4. The van der Waals surface area contributed by atoms with Crippen LogP contribution in [0.2, 0.25) is 0 Å². The molecule has 0 aliphatic heterocycles. The average molecular weight is 165 g/mol. The topological polar surface area (TPSA) is 66.5 Å². The van der Waals surface area contributed by atoms with Crippen molar-refractivity contribution < 1.29 is 10.2 Å². The van der Waals surface area contributed by atoms with E-state index in [1.807, 2.05) is 20.1 Å². The minimum absolute atomic E-state index is 0.284. The van der Waals surface area contributed by atoms with Gasteiger partial charge >= 0.3 is 0 Å². The zero-order chi connectivity index (χ0) is 8.36. The lowest BCUT2D eigenvalue weighted by atomic mass is 10.0. The van der Waals surface area contributed by atoms with Crippen LogP contribution in [0.25, 0.3) is 0 Å². The fraction of sp³-hybridized carbons (Fsp3) is 1.00. The zero-order valence-corrected chi connectivity index (χ0v) is 7.35. The monoisotopic (exact) mass is 165 g/mol. The number of thioether (sulfide) groups is 1. The van der Waals surface area contributed by atoms with E-state index in [4.69, 9.17) is 15.9 Å². The first-order chi connectivity index (χ1) is 4.41. The highest BCUT2D eigenvalue weighted by Gasteiger charge is 2.29. The Morgan fingerprint density at radius 2 is 1.80 bits per heavy atom. The zero-order valence-electron chi connectivity index (χ0n) is 6.53. The molecule has 0 radical (unpaired) electrons. The van der Waals surface area contributed by atoms with Gasteiger partial charge in [-0.2, -0.15) is 11.8 Å².